The molecule has 0 unspecified atom stereocenters. The van der Waals surface area contributed by atoms with Crippen molar-refractivity contribution in [1.82, 2.24) is 4.90 Å². The first-order valence-corrected chi connectivity index (χ1v) is 4.93. The van der Waals surface area contributed by atoms with E-state index in [1.807, 2.05) is 12.2 Å². The number of nitrogens with zero attached hydrogens (tertiary/aromatic N) is 1. The van der Waals surface area contributed by atoms with E-state index >= 15 is 0 Å². The Labute approximate surface area is 81.4 Å². The molecule has 0 amide bonds. The Kier molecular flexibility index (Phi) is 3.97. The quantitative estimate of drug-likeness (QED) is 0.627. The van der Waals surface area contributed by atoms with Crippen molar-refractivity contribution in [2.24, 2.45) is 0 Å². The minimum atomic E-state index is 1.11. The van der Waals surface area contributed by atoms with Crippen LogP contribution in [-0.2, 0) is 0 Å². The van der Waals surface area contributed by atoms with Crippen LogP contribution in [0.1, 0.15) is 19.3 Å². The fourth-order valence-electron chi connectivity index (χ4n) is 1.75. The van der Waals surface area contributed by atoms with E-state index in [9.17, 15) is 0 Å². The van der Waals surface area contributed by atoms with E-state index in [1.54, 1.807) is 0 Å². The summed E-state index contributed by atoms with van der Waals surface area (Å²) < 4.78 is 0. The topological polar surface area (TPSA) is 3.24 Å². The Balaban J connectivity index is 2.77. The highest BCUT2D eigenvalue weighted by molar-refractivity contribution is 5.31. The van der Waals surface area contributed by atoms with Crippen molar-refractivity contribution >= 4 is 0 Å². The first-order valence-electron chi connectivity index (χ1n) is 4.93. The molecule has 0 bridgehead atoms. The molecule has 13 heavy (non-hydrogen) atoms. The lowest BCUT2D eigenvalue weighted by Gasteiger charge is -2.21. The summed E-state index contributed by atoms with van der Waals surface area (Å²) in [5, 5.41) is 0. The van der Waals surface area contributed by atoms with Crippen molar-refractivity contribution < 1.29 is 0 Å². The molecule has 1 aliphatic heterocycles. The van der Waals surface area contributed by atoms with Crippen LogP contribution in [0.5, 0.6) is 0 Å². The third kappa shape index (κ3) is 2.85. The molecule has 0 aromatic carbocycles. The number of allylic oxidation sites excluding steroid dienone is 3. The van der Waals surface area contributed by atoms with Gasteiger partial charge in [0.05, 0.1) is 0 Å². The summed E-state index contributed by atoms with van der Waals surface area (Å²) in [5.41, 5.74) is 2.77. The number of hydrogen-bond acceptors (Lipinski definition) is 1. The molecular formula is C12H19N. The van der Waals surface area contributed by atoms with Crippen LogP contribution < -0.4 is 0 Å². The summed E-state index contributed by atoms with van der Waals surface area (Å²) in [5.74, 6) is 0. The first-order chi connectivity index (χ1) is 6.27. The molecule has 1 nitrogen and oxygen atoms in total. The summed E-state index contributed by atoms with van der Waals surface area (Å²) in [6.07, 6.45) is 7.46. The first kappa shape index (κ1) is 10.3. The number of rotatable bonds is 2. The molecule has 0 N–H and O–H groups in total. The van der Waals surface area contributed by atoms with Crippen LogP contribution in [0, 0.1) is 0 Å². The predicted molar refractivity (Wildman–Crippen MR) is 58.8 cm³/mol. The molecule has 1 aliphatic rings. The molecule has 0 spiro atoms. The molecular weight excluding hydrogens is 158 g/mol. The molecule has 72 valence electrons. The molecule has 1 rings (SSSR count). The Morgan fingerprint density at radius 1 is 1.08 bits per heavy atom. The van der Waals surface area contributed by atoms with Crippen molar-refractivity contribution in [2.75, 3.05) is 20.1 Å². The monoisotopic (exact) mass is 177 g/mol. The van der Waals surface area contributed by atoms with E-state index in [0.29, 0.717) is 0 Å². The maximum absolute atomic E-state index is 3.86. The second-order valence-electron chi connectivity index (χ2n) is 3.62. The van der Waals surface area contributed by atoms with Crippen molar-refractivity contribution in [2.45, 2.75) is 19.3 Å². The molecule has 0 aliphatic carbocycles. The van der Waals surface area contributed by atoms with Gasteiger partial charge in [-0.25, -0.2) is 0 Å². The lowest BCUT2D eigenvalue weighted by atomic mass is 9.98. The largest absolute Gasteiger partial charge is 0.306 e. The van der Waals surface area contributed by atoms with Crippen molar-refractivity contribution in [3.8, 4) is 0 Å². The van der Waals surface area contributed by atoms with E-state index in [1.165, 1.54) is 24.1 Å². The lowest BCUT2D eigenvalue weighted by Crippen LogP contribution is -2.23. The highest BCUT2D eigenvalue weighted by Gasteiger charge is 2.07. The third-order valence-electron chi connectivity index (χ3n) is 2.65. The second-order valence-corrected chi connectivity index (χ2v) is 3.62. The molecule has 0 fully saturated rings. The lowest BCUT2D eigenvalue weighted by molar-refractivity contribution is 0.329. The summed E-state index contributed by atoms with van der Waals surface area (Å²) in [6.45, 7) is 10.0. The van der Waals surface area contributed by atoms with Crippen LogP contribution >= 0.6 is 0 Å². The van der Waals surface area contributed by atoms with Gasteiger partial charge in [0, 0.05) is 6.54 Å². The summed E-state index contributed by atoms with van der Waals surface area (Å²) in [7, 11) is 2.18. The molecule has 0 saturated carbocycles. The van der Waals surface area contributed by atoms with Gasteiger partial charge >= 0.3 is 0 Å². The predicted octanol–water partition coefficient (Wildman–Crippen LogP) is 2.77. The van der Waals surface area contributed by atoms with Crippen molar-refractivity contribution in [1.29, 1.82) is 0 Å². The fourth-order valence-corrected chi connectivity index (χ4v) is 1.75. The van der Waals surface area contributed by atoms with Gasteiger partial charge in [-0.2, -0.15) is 0 Å². The SMILES string of the molecule is C=C/C1=C(\C=C)CCN(C)CCC1. The third-order valence-corrected chi connectivity index (χ3v) is 2.65. The normalized spacial score (nSPS) is 26.2. The molecule has 0 saturated heterocycles. The minimum Gasteiger partial charge on any atom is -0.306 e. The molecule has 1 heteroatoms. The Morgan fingerprint density at radius 2 is 1.69 bits per heavy atom. The average molecular weight is 177 g/mol. The van der Waals surface area contributed by atoms with Gasteiger partial charge in [-0.15, -0.1) is 0 Å². The average Bonchev–Trinajstić information content (AvgIpc) is 2.12. The van der Waals surface area contributed by atoms with Gasteiger partial charge in [0.2, 0.25) is 0 Å². The van der Waals surface area contributed by atoms with E-state index in [0.717, 1.165) is 19.4 Å². The van der Waals surface area contributed by atoms with E-state index in [4.69, 9.17) is 0 Å². The van der Waals surface area contributed by atoms with Gasteiger partial charge in [-0.3, -0.25) is 0 Å². The molecule has 0 radical (unpaired) electrons. The zero-order valence-corrected chi connectivity index (χ0v) is 8.55. The van der Waals surface area contributed by atoms with Crippen LogP contribution in [0.15, 0.2) is 36.5 Å². The van der Waals surface area contributed by atoms with Gasteiger partial charge in [0.1, 0.15) is 0 Å². The summed E-state index contributed by atoms with van der Waals surface area (Å²) in [4.78, 5) is 2.38. The van der Waals surface area contributed by atoms with Gasteiger partial charge in [0.25, 0.3) is 0 Å². The smallest absolute Gasteiger partial charge is 0.00189 e. The Hall–Kier alpha value is -0.820. The van der Waals surface area contributed by atoms with Crippen LogP contribution in [0.4, 0.5) is 0 Å². The molecule has 0 aromatic heterocycles. The van der Waals surface area contributed by atoms with Crippen LogP contribution in [0.2, 0.25) is 0 Å². The highest BCUT2D eigenvalue weighted by atomic mass is 15.1. The maximum Gasteiger partial charge on any atom is 0.00189 e. The summed E-state index contributed by atoms with van der Waals surface area (Å²) in [6, 6.07) is 0. The zero-order valence-electron chi connectivity index (χ0n) is 8.55. The summed E-state index contributed by atoms with van der Waals surface area (Å²) >= 11 is 0. The van der Waals surface area contributed by atoms with Gasteiger partial charge < -0.3 is 4.90 Å². The number of hydrogen-bond donors (Lipinski definition) is 0. The van der Waals surface area contributed by atoms with Gasteiger partial charge in [0.15, 0.2) is 0 Å². The standard InChI is InChI=1S/C12H19N/c1-4-11-7-6-9-13(3)10-8-12(11)5-2/h4-5H,1-2,6-10H2,3H3/b12-11-. The van der Waals surface area contributed by atoms with Crippen molar-refractivity contribution in [3.63, 3.8) is 0 Å². The second kappa shape index (κ2) is 5.03. The van der Waals surface area contributed by atoms with E-state index in [2.05, 4.69) is 25.1 Å². The maximum atomic E-state index is 3.86. The van der Waals surface area contributed by atoms with E-state index in [-0.39, 0.29) is 0 Å². The highest BCUT2D eigenvalue weighted by Crippen LogP contribution is 2.19. The van der Waals surface area contributed by atoms with Crippen molar-refractivity contribution in [3.05, 3.63) is 36.5 Å². The molecule has 0 aromatic rings. The Morgan fingerprint density at radius 3 is 2.31 bits per heavy atom. The van der Waals surface area contributed by atoms with E-state index < -0.39 is 0 Å². The zero-order chi connectivity index (χ0) is 9.68. The van der Waals surface area contributed by atoms with Crippen LogP contribution in [0.3, 0.4) is 0 Å². The van der Waals surface area contributed by atoms with Crippen LogP contribution in [-0.4, -0.2) is 25.0 Å². The van der Waals surface area contributed by atoms with Gasteiger partial charge in [-0.05, 0) is 44.0 Å². The fraction of sp³-hybridized carbons (Fsp3) is 0.500. The molecule has 1 heterocycles. The molecule has 0 atom stereocenters. The van der Waals surface area contributed by atoms with Gasteiger partial charge in [-0.1, -0.05) is 25.3 Å². The Bertz CT molecular complexity index is 225. The minimum absolute atomic E-state index is 1.11. The van der Waals surface area contributed by atoms with Crippen LogP contribution in [0.25, 0.3) is 0 Å².